The Bertz CT molecular complexity index is 1370. The predicted octanol–water partition coefficient (Wildman–Crippen LogP) is 5.13. The highest BCUT2D eigenvalue weighted by Gasteiger charge is 2.33. The molecule has 8 nitrogen and oxygen atoms in total. The first-order chi connectivity index (χ1) is 17.5. The van der Waals surface area contributed by atoms with Gasteiger partial charge in [-0.15, -0.1) is 11.3 Å². The van der Waals surface area contributed by atoms with Gasteiger partial charge < -0.3 is 15.7 Å². The number of hydrogen-bond acceptors (Lipinski definition) is 7. The molecule has 14 heteroatoms. The van der Waals surface area contributed by atoms with Crippen LogP contribution in [0.1, 0.15) is 62.2 Å². The molecule has 0 saturated carbocycles. The van der Waals surface area contributed by atoms with Crippen LogP contribution in [0.15, 0.2) is 30.7 Å². The number of anilines is 1. The van der Waals surface area contributed by atoms with Gasteiger partial charge in [0, 0.05) is 18.7 Å². The fourth-order valence-corrected chi connectivity index (χ4v) is 4.13. The van der Waals surface area contributed by atoms with Gasteiger partial charge in [0.05, 0.1) is 22.8 Å². The van der Waals surface area contributed by atoms with Crippen molar-refractivity contribution in [2.24, 2.45) is 0 Å². The summed E-state index contributed by atoms with van der Waals surface area (Å²) in [4.78, 5) is 37.4. The lowest BCUT2D eigenvalue weighted by Gasteiger charge is -2.12. The van der Waals surface area contributed by atoms with Gasteiger partial charge in [-0.1, -0.05) is 29.1 Å². The van der Waals surface area contributed by atoms with Gasteiger partial charge in [0.15, 0.2) is 5.69 Å². The number of thiazole rings is 1. The number of halogens is 5. The summed E-state index contributed by atoms with van der Waals surface area (Å²) < 4.78 is 39.2. The number of amides is 2. The molecule has 3 N–H and O–H groups in total. The van der Waals surface area contributed by atoms with E-state index in [4.69, 9.17) is 28.3 Å². The van der Waals surface area contributed by atoms with Crippen molar-refractivity contribution in [3.05, 3.63) is 67.6 Å². The number of nitrogens with one attached hydrogen (secondary N) is 2. The number of carbonyl (C=O) groups is 2. The molecular weight excluding hydrogens is 554 g/mol. The maximum atomic E-state index is 13.1. The SMILES string of the molecule is C[C@H](NC(=O)c1ncnc(C#CCCCO)c1Cl)c1ncc(C(=O)Nc2ccc(Cl)c(C(F)(F)F)c2)s1. The Balaban J connectivity index is 1.68. The lowest BCUT2D eigenvalue weighted by atomic mass is 10.2. The summed E-state index contributed by atoms with van der Waals surface area (Å²) in [6, 6.07) is 2.37. The fourth-order valence-electron chi connectivity index (χ4n) is 2.86. The van der Waals surface area contributed by atoms with Gasteiger partial charge in [-0.05, 0) is 37.5 Å². The fraction of sp³-hybridized carbons (Fsp3) is 0.261. The largest absolute Gasteiger partial charge is 0.417 e. The topological polar surface area (TPSA) is 117 Å². The number of benzene rings is 1. The average Bonchev–Trinajstić information content (AvgIpc) is 3.34. The number of aliphatic hydroxyl groups excluding tert-OH is 1. The lowest BCUT2D eigenvalue weighted by Crippen LogP contribution is -2.28. The zero-order chi connectivity index (χ0) is 27.2. The van der Waals surface area contributed by atoms with E-state index >= 15 is 0 Å². The van der Waals surface area contributed by atoms with E-state index in [0.717, 1.165) is 29.8 Å². The highest BCUT2D eigenvalue weighted by atomic mass is 35.5. The molecule has 2 aromatic heterocycles. The molecule has 194 valence electrons. The standard InChI is InChI=1S/C23H18Cl2F3N5O3S/c1-12(32-21(36)19-18(25)16(30-11-31-19)5-3-2-4-8-34)22-29-10-17(37-22)20(35)33-13-6-7-15(24)14(9-13)23(26,27)28/h6-7,9-12,34H,2,4,8H2,1H3,(H,32,36)(H,33,35)/t12-/m0/s1. The van der Waals surface area contributed by atoms with Crippen LogP contribution in [0.2, 0.25) is 10.0 Å². The molecule has 0 aliphatic rings. The molecule has 0 aliphatic carbocycles. The minimum atomic E-state index is -4.68. The van der Waals surface area contributed by atoms with E-state index in [1.165, 1.54) is 12.3 Å². The van der Waals surface area contributed by atoms with Gasteiger partial charge in [-0.2, -0.15) is 13.2 Å². The molecule has 2 heterocycles. The summed E-state index contributed by atoms with van der Waals surface area (Å²) in [6.07, 6.45) is -1.37. The summed E-state index contributed by atoms with van der Waals surface area (Å²) in [5.41, 5.74) is -1.10. The number of carbonyl (C=O) groups excluding carboxylic acids is 2. The van der Waals surface area contributed by atoms with Crippen molar-refractivity contribution in [3.63, 3.8) is 0 Å². The van der Waals surface area contributed by atoms with E-state index in [2.05, 4.69) is 37.4 Å². The number of aliphatic hydroxyl groups is 1. The van der Waals surface area contributed by atoms with Crippen molar-refractivity contribution in [3.8, 4) is 11.8 Å². The summed E-state index contributed by atoms with van der Waals surface area (Å²) in [5, 5.41) is 13.7. The van der Waals surface area contributed by atoms with E-state index in [0.29, 0.717) is 17.8 Å². The monoisotopic (exact) mass is 571 g/mol. The van der Waals surface area contributed by atoms with E-state index in [-0.39, 0.29) is 33.6 Å². The van der Waals surface area contributed by atoms with Gasteiger partial charge in [0.1, 0.15) is 26.9 Å². The van der Waals surface area contributed by atoms with Gasteiger partial charge in [-0.25, -0.2) is 15.0 Å². The van der Waals surface area contributed by atoms with Crippen LogP contribution in [0, 0.1) is 11.8 Å². The van der Waals surface area contributed by atoms with Gasteiger partial charge in [-0.3, -0.25) is 9.59 Å². The van der Waals surface area contributed by atoms with Crippen LogP contribution >= 0.6 is 34.5 Å². The summed E-state index contributed by atoms with van der Waals surface area (Å²) in [7, 11) is 0. The second-order valence-electron chi connectivity index (χ2n) is 7.42. The number of hydrogen-bond donors (Lipinski definition) is 3. The quantitative estimate of drug-likeness (QED) is 0.267. The smallest absolute Gasteiger partial charge is 0.396 e. The highest BCUT2D eigenvalue weighted by Crippen LogP contribution is 2.36. The van der Waals surface area contributed by atoms with Crippen LogP contribution in [-0.2, 0) is 6.18 Å². The minimum Gasteiger partial charge on any atom is -0.396 e. The Labute approximate surface area is 223 Å². The Hall–Kier alpha value is -3.24. The molecule has 0 spiro atoms. The third-order valence-electron chi connectivity index (χ3n) is 4.67. The van der Waals surface area contributed by atoms with Crippen molar-refractivity contribution >= 4 is 52.0 Å². The first kappa shape index (κ1) is 28.3. The zero-order valence-corrected chi connectivity index (χ0v) is 21.3. The van der Waals surface area contributed by atoms with Crippen LogP contribution in [-0.4, -0.2) is 38.5 Å². The highest BCUT2D eigenvalue weighted by molar-refractivity contribution is 7.13. The van der Waals surface area contributed by atoms with Crippen LogP contribution in [0.25, 0.3) is 0 Å². The molecular formula is C23H18Cl2F3N5O3S. The second kappa shape index (κ2) is 12.3. The first-order valence-corrected chi connectivity index (χ1v) is 12.1. The van der Waals surface area contributed by atoms with E-state index in [9.17, 15) is 22.8 Å². The van der Waals surface area contributed by atoms with E-state index < -0.39 is 34.6 Å². The van der Waals surface area contributed by atoms with E-state index in [1.807, 2.05) is 0 Å². The number of nitrogens with zero attached hydrogens (tertiary/aromatic N) is 3. The molecule has 0 aliphatic heterocycles. The number of alkyl halides is 3. The lowest BCUT2D eigenvalue weighted by molar-refractivity contribution is -0.137. The number of unbranched alkanes of at least 4 members (excludes halogenated alkanes) is 1. The van der Waals surface area contributed by atoms with Crippen molar-refractivity contribution in [1.29, 1.82) is 0 Å². The molecule has 0 radical (unpaired) electrons. The molecule has 3 aromatic rings. The molecule has 1 aromatic carbocycles. The molecule has 0 bridgehead atoms. The third-order valence-corrected chi connectivity index (χ3v) is 6.53. The maximum Gasteiger partial charge on any atom is 0.417 e. The zero-order valence-electron chi connectivity index (χ0n) is 19.0. The minimum absolute atomic E-state index is 0.00201. The van der Waals surface area contributed by atoms with Crippen molar-refractivity contribution < 1.29 is 27.9 Å². The molecule has 37 heavy (non-hydrogen) atoms. The van der Waals surface area contributed by atoms with Gasteiger partial charge in [0.25, 0.3) is 11.8 Å². The van der Waals surface area contributed by atoms with Crippen molar-refractivity contribution in [2.75, 3.05) is 11.9 Å². The first-order valence-electron chi connectivity index (χ1n) is 10.6. The molecule has 3 rings (SSSR count). The normalized spacial score (nSPS) is 11.9. The molecule has 0 fully saturated rings. The van der Waals surface area contributed by atoms with Crippen LogP contribution < -0.4 is 10.6 Å². The number of rotatable bonds is 7. The predicted molar refractivity (Wildman–Crippen MR) is 133 cm³/mol. The molecule has 2 amide bonds. The van der Waals surface area contributed by atoms with Crippen molar-refractivity contribution in [1.82, 2.24) is 20.3 Å². The Morgan fingerprint density at radius 2 is 1.95 bits per heavy atom. The third kappa shape index (κ3) is 7.39. The van der Waals surface area contributed by atoms with Gasteiger partial charge >= 0.3 is 6.18 Å². The van der Waals surface area contributed by atoms with Crippen LogP contribution in [0.5, 0.6) is 0 Å². The number of aromatic nitrogens is 3. The molecule has 1 atom stereocenters. The summed E-state index contributed by atoms with van der Waals surface area (Å²) in [5.74, 6) is 4.22. The molecule has 0 unspecified atom stereocenters. The Kier molecular flexibility index (Phi) is 9.45. The Morgan fingerprint density at radius 1 is 1.19 bits per heavy atom. The maximum absolute atomic E-state index is 13.1. The van der Waals surface area contributed by atoms with Crippen LogP contribution in [0.3, 0.4) is 0 Å². The second-order valence-corrected chi connectivity index (χ2v) is 9.27. The average molecular weight is 572 g/mol. The van der Waals surface area contributed by atoms with Crippen molar-refractivity contribution in [2.45, 2.75) is 32.0 Å². The van der Waals surface area contributed by atoms with E-state index in [1.54, 1.807) is 6.92 Å². The van der Waals surface area contributed by atoms with Gasteiger partial charge in [0.2, 0.25) is 0 Å². The van der Waals surface area contributed by atoms with Crippen LogP contribution in [0.4, 0.5) is 18.9 Å². The summed E-state index contributed by atoms with van der Waals surface area (Å²) in [6.45, 7) is 1.62. The summed E-state index contributed by atoms with van der Waals surface area (Å²) >= 11 is 12.8. The molecule has 0 saturated heterocycles. The Morgan fingerprint density at radius 3 is 2.65 bits per heavy atom.